The minimum absolute atomic E-state index is 0.0563. The van der Waals surface area contributed by atoms with Crippen LogP contribution in [0.5, 0.6) is 5.95 Å². The smallest absolute Gasteiger partial charge is 0.324 e. The summed E-state index contributed by atoms with van der Waals surface area (Å²) in [4.78, 5) is 26.8. The number of carbonyl (C=O) groups is 2. The van der Waals surface area contributed by atoms with E-state index in [1.165, 1.54) is 7.11 Å². The lowest BCUT2D eigenvalue weighted by Gasteiger charge is -2.32. The van der Waals surface area contributed by atoms with Crippen LogP contribution in [-0.2, 0) is 0 Å². The lowest BCUT2D eigenvalue weighted by Crippen LogP contribution is -2.39. The molecule has 0 aliphatic carbocycles. The van der Waals surface area contributed by atoms with E-state index in [2.05, 4.69) is 15.7 Å². The van der Waals surface area contributed by atoms with E-state index in [-0.39, 0.29) is 17.7 Å². The molecule has 31 heavy (non-hydrogen) atoms. The molecule has 0 spiro atoms. The number of hydrogen-bond donors (Lipinski definition) is 2. The molecule has 0 radical (unpaired) electrons. The first-order valence-corrected chi connectivity index (χ1v) is 10.2. The van der Waals surface area contributed by atoms with Crippen molar-refractivity contribution in [1.82, 2.24) is 14.7 Å². The number of nitrogens with one attached hydrogen (secondary N) is 2. The summed E-state index contributed by atoms with van der Waals surface area (Å²) in [6.45, 7) is 1.11. The van der Waals surface area contributed by atoms with Gasteiger partial charge in [-0.3, -0.25) is 10.1 Å². The van der Waals surface area contributed by atoms with Crippen molar-refractivity contribution in [2.45, 2.75) is 18.9 Å². The molecule has 9 nitrogen and oxygen atoms in total. The van der Waals surface area contributed by atoms with Crippen LogP contribution in [0.4, 0.5) is 16.3 Å². The minimum Gasteiger partial charge on any atom is -0.468 e. The van der Waals surface area contributed by atoms with Crippen LogP contribution in [0.25, 0.3) is 0 Å². The number of piperidine rings is 1. The molecule has 2 aromatic heterocycles. The van der Waals surface area contributed by atoms with E-state index in [4.69, 9.17) is 20.8 Å². The number of furan rings is 1. The van der Waals surface area contributed by atoms with Crippen molar-refractivity contribution in [3.8, 4) is 5.95 Å². The molecule has 3 aromatic rings. The molecule has 2 N–H and O–H groups in total. The maximum atomic E-state index is 12.6. The minimum atomic E-state index is -0.408. The van der Waals surface area contributed by atoms with Gasteiger partial charge in [0.25, 0.3) is 11.9 Å². The van der Waals surface area contributed by atoms with E-state index in [9.17, 15) is 9.59 Å². The molecule has 0 bridgehead atoms. The average molecular weight is 444 g/mol. The SMILES string of the molecule is COc1ccc(C(=O)N2CCC(n3nccc3NC(=O)Nc3ccccc3Cl)CC2)o1. The van der Waals surface area contributed by atoms with Crippen LogP contribution >= 0.6 is 11.6 Å². The van der Waals surface area contributed by atoms with Gasteiger partial charge in [-0.05, 0) is 31.0 Å². The number of para-hydroxylation sites is 1. The highest BCUT2D eigenvalue weighted by Crippen LogP contribution is 2.27. The van der Waals surface area contributed by atoms with Crippen LogP contribution in [0.2, 0.25) is 5.02 Å². The third-order valence-corrected chi connectivity index (χ3v) is 5.45. The summed E-state index contributed by atoms with van der Waals surface area (Å²) in [7, 11) is 1.49. The predicted molar refractivity (Wildman–Crippen MR) is 116 cm³/mol. The molecule has 3 amide bonds. The van der Waals surface area contributed by atoms with Crippen LogP contribution in [0, 0.1) is 0 Å². The number of benzene rings is 1. The van der Waals surface area contributed by atoms with Crippen molar-refractivity contribution in [2.24, 2.45) is 0 Å². The number of urea groups is 1. The average Bonchev–Trinajstić information content (AvgIpc) is 3.44. The molecular weight excluding hydrogens is 422 g/mol. The van der Waals surface area contributed by atoms with E-state index in [0.29, 0.717) is 48.4 Å². The number of nitrogens with zero attached hydrogens (tertiary/aromatic N) is 3. The van der Waals surface area contributed by atoms with Crippen LogP contribution < -0.4 is 15.4 Å². The van der Waals surface area contributed by atoms with Gasteiger partial charge in [0.15, 0.2) is 5.76 Å². The Morgan fingerprint density at radius 1 is 1.13 bits per heavy atom. The van der Waals surface area contributed by atoms with Gasteiger partial charge in [-0.15, -0.1) is 0 Å². The third-order valence-electron chi connectivity index (χ3n) is 5.12. The maximum absolute atomic E-state index is 12.6. The van der Waals surface area contributed by atoms with Crippen molar-refractivity contribution >= 4 is 35.0 Å². The van der Waals surface area contributed by atoms with Gasteiger partial charge in [0, 0.05) is 25.2 Å². The maximum Gasteiger partial charge on any atom is 0.324 e. The summed E-state index contributed by atoms with van der Waals surface area (Å²) in [6.07, 6.45) is 3.04. The Kier molecular flexibility index (Phi) is 6.13. The van der Waals surface area contributed by atoms with E-state index in [0.717, 1.165) is 0 Å². The summed E-state index contributed by atoms with van der Waals surface area (Å²) >= 11 is 6.09. The summed E-state index contributed by atoms with van der Waals surface area (Å²) in [5.41, 5.74) is 0.522. The zero-order chi connectivity index (χ0) is 21.8. The van der Waals surface area contributed by atoms with E-state index < -0.39 is 6.03 Å². The number of methoxy groups -OCH3 is 1. The Morgan fingerprint density at radius 2 is 1.90 bits per heavy atom. The molecule has 1 aromatic carbocycles. The molecular formula is C21H22ClN5O4. The molecule has 10 heteroatoms. The van der Waals surface area contributed by atoms with Gasteiger partial charge in [-0.25, -0.2) is 9.48 Å². The standard InChI is InChI=1S/C21H22ClN5O4/c1-30-19-7-6-17(31-19)20(28)26-12-9-14(10-13-26)27-18(8-11-23-27)25-21(29)24-16-5-3-2-4-15(16)22/h2-8,11,14H,9-10,12-13H2,1H3,(H2,24,25,29). The highest BCUT2D eigenvalue weighted by molar-refractivity contribution is 6.33. The van der Waals surface area contributed by atoms with E-state index in [1.807, 2.05) is 0 Å². The van der Waals surface area contributed by atoms with Gasteiger partial charge < -0.3 is 19.4 Å². The predicted octanol–water partition coefficient (Wildman–Crippen LogP) is 4.26. The van der Waals surface area contributed by atoms with Crippen LogP contribution in [0.1, 0.15) is 29.4 Å². The molecule has 0 unspecified atom stereocenters. The molecule has 1 aliphatic rings. The molecule has 1 fully saturated rings. The molecule has 4 rings (SSSR count). The summed E-state index contributed by atoms with van der Waals surface area (Å²) in [5.74, 6) is 0.971. The van der Waals surface area contributed by atoms with Gasteiger partial charge >= 0.3 is 6.03 Å². The summed E-state index contributed by atoms with van der Waals surface area (Å²) in [6, 6.07) is 11.6. The fourth-order valence-electron chi connectivity index (χ4n) is 3.55. The number of hydrogen-bond acceptors (Lipinski definition) is 5. The Labute approximate surface area is 183 Å². The quantitative estimate of drug-likeness (QED) is 0.613. The Morgan fingerprint density at radius 3 is 2.61 bits per heavy atom. The zero-order valence-corrected chi connectivity index (χ0v) is 17.6. The number of rotatable bonds is 5. The van der Waals surface area contributed by atoms with Gasteiger partial charge in [0.05, 0.1) is 30.1 Å². The van der Waals surface area contributed by atoms with E-state index in [1.54, 1.807) is 58.2 Å². The third kappa shape index (κ3) is 4.66. The zero-order valence-electron chi connectivity index (χ0n) is 16.9. The highest BCUT2D eigenvalue weighted by atomic mass is 35.5. The number of carbonyl (C=O) groups excluding carboxylic acids is 2. The monoisotopic (exact) mass is 443 g/mol. The number of ether oxygens (including phenoxy) is 1. The summed E-state index contributed by atoms with van der Waals surface area (Å²) < 4.78 is 12.1. The van der Waals surface area contributed by atoms with Crippen LogP contribution in [0.3, 0.4) is 0 Å². The lowest BCUT2D eigenvalue weighted by atomic mass is 10.0. The van der Waals surface area contributed by atoms with E-state index >= 15 is 0 Å². The van der Waals surface area contributed by atoms with Crippen molar-refractivity contribution in [1.29, 1.82) is 0 Å². The number of likely N-dealkylation sites (tertiary alicyclic amines) is 1. The molecule has 162 valence electrons. The Hall–Kier alpha value is -3.46. The Bertz CT molecular complexity index is 1070. The highest BCUT2D eigenvalue weighted by Gasteiger charge is 2.28. The molecule has 1 saturated heterocycles. The second-order valence-corrected chi connectivity index (χ2v) is 7.47. The first-order valence-electron chi connectivity index (χ1n) is 9.84. The van der Waals surface area contributed by atoms with Crippen molar-refractivity contribution in [3.63, 3.8) is 0 Å². The van der Waals surface area contributed by atoms with Crippen molar-refractivity contribution < 1.29 is 18.7 Å². The second-order valence-electron chi connectivity index (χ2n) is 7.07. The van der Waals surface area contributed by atoms with Gasteiger partial charge in [-0.1, -0.05) is 23.7 Å². The lowest BCUT2D eigenvalue weighted by molar-refractivity contribution is 0.0653. The molecule has 0 atom stereocenters. The molecule has 0 saturated carbocycles. The molecule has 3 heterocycles. The number of amides is 3. The van der Waals surface area contributed by atoms with Crippen LogP contribution in [0.15, 0.2) is 53.1 Å². The first kappa shape index (κ1) is 20.8. The number of halogens is 1. The van der Waals surface area contributed by atoms with Gasteiger partial charge in [0.1, 0.15) is 5.82 Å². The fourth-order valence-corrected chi connectivity index (χ4v) is 3.73. The largest absolute Gasteiger partial charge is 0.468 e. The normalized spacial score (nSPS) is 14.3. The van der Waals surface area contributed by atoms with Crippen molar-refractivity contribution in [3.05, 3.63) is 59.4 Å². The second kappa shape index (κ2) is 9.13. The van der Waals surface area contributed by atoms with Crippen molar-refractivity contribution in [2.75, 3.05) is 30.8 Å². The van der Waals surface area contributed by atoms with Crippen LogP contribution in [-0.4, -0.2) is 46.8 Å². The fraction of sp³-hybridized carbons (Fsp3) is 0.286. The number of aromatic nitrogens is 2. The number of anilines is 2. The first-order chi connectivity index (χ1) is 15.0. The van der Waals surface area contributed by atoms with Gasteiger partial charge in [-0.2, -0.15) is 5.10 Å². The van der Waals surface area contributed by atoms with Gasteiger partial charge in [0.2, 0.25) is 0 Å². The Balaban J connectivity index is 1.35. The topological polar surface area (TPSA) is 102 Å². The summed E-state index contributed by atoms with van der Waals surface area (Å²) in [5, 5.41) is 10.4. The molecule has 1 aliphatic heterocycles.